The molecule has 36 heavy (non-hydrogen) atoms. The summed E-state index contributed by atoms with van der Waals surface area (Å²) in [6, 6.07) is 20.6. The fourth-order valence-electron chi connectivity index (χ4n) is 4.18. The molecule has 186 valence electrons. The monoisotopic (exact) mass is 483 g/mol. The quantitative estimate of drug-likeness (QED) is 0.170. The molecule has 0 saturated carbocycles. The third-order valence-electron chi connectivity index (χ3n) is 6.06. The Kier molecular flexibility index (Phi) is 7.86. The lowest BCUT2D eigenvalue weighted by molar-refractivity contribution is 0.0494. The Labute approximate surface area is 213 Å². The molecule has 0 saturated heterocycles. The number of carbonyl (C=O) groups is 2. The Balaban J connectivity index is 1.68. The maximum atomic E-state index is 13.1. The number of hydrogen-bond acceptors (Lipinski definition) is 6. The summed E-state index contributed by atoms with van der Waals surface area (Å²) in [6.07, 6.45) is 2.91. The summed E-state index contributed by atoms with van der Waals surface area (Å²) < 4.78 is 5.58. The molecule has 0 fully saturated rings. The van der Waals surface area contributed by atoms with Crippen molar-refractivity contribution < 1.29 is 14.3 Å². The molecule has 0 aromatic heterocycles. The first kappa shape index (κ1) is 25.2. The molecule has 0 aliphatic carbocycles. The van der Waals surface area contributed by atoms with Gasteiger partial charge in [-0.15, -0.1) is 0 Å². The van der Waals surface area contributed by atoms with Crippen LogP contribution in [0.15, 0.2) is 78.4 Å². The zero-order chi connectivity index (χ0) is 25.7. The van der Waals surface area contributed by atoms with Crippen molar-refractivity contribution in [2.45, 2.75) is 20.3 Å². The number of benzene rings is 3. The second kappa shape index (κ2) is 11.2. The van der Waals surface area contributed by atoms with E-state index in [1.807, 2.05) is 74.8 Å². The average Bonchev–Trinajstić information content (AvgIpc) is 2.88. The van der Waals surface area contributed by atoms with Crippen LogP contribution in [0.3, 0.4) is 0 Å². The van der Waals surface area contributed by atoms with Gasteiger partial charge in [-0.05, 0) is 64.7 Å². The SMILES string of the molecule is CC(C)=CCN1c2cc(C(=O)c3ccccc3)ccc2Nc2c(C(=O)OCCCN(C)C)cccc21. The molecule has 0 spiro atoms. The van der Waals surface area contributed by atoms with Crippen LogP contribution in [-0.4, -0.2) is 50.4 Å². The van der Waals surface area contributed by atoms with Gasteiger partial charge in [0.1, 0.15) is 0 Å². The molecule has 0 unspecified atom stereocenters. The number of esters is 1. The van der Waals surface area contributed by atoms with Gasteiger partial charge in [0.25, 0.3) is 0 Å². The van der Waals surface area contributed by atoms with Crippen molar-refractivity contribution >= 4 is 34.5 Å². The lowest BCUT2D eigenvalue weighted by Gasteiger charge is -2.34. The number of carbonyl (C=O) groups excluding carboxylic acids is 2. The van der Waals surface area contributed by atoms with Crippen LogP contribution in [0.1, 0.15) is 46.5 Å². The Morgan fingerprint density at radius 3 is 2.44 bits per heavy atom. The molecule has 0 bridgehead atoms. The van der Waals surface area contributed by atoms with Gasteiger partial charge in [0, 0.05) is 24.2 Å². The maximum absolute atomic E-state index is 13.1. The summed E-state index contributed by atoms with van der Waals surface area (Å²) in [5, 5.41) is 3.44. The summed E-state index contributed by atoms with van der Waals surface area (Å²) in [5.41, 5.74) is 6.25. The maximum Gasteiger partial charge on any atom is 0.340 e. The Bertz CT molecular complexity index is 1280. The number of rotatable bonds is 9. The van der Waals surface area contributed by atoms with E-state index in [0.29, 0.717) is 35.5 Å². The number of para-hydroxylation sites is 1. The van der Waals surface area contributed by atoms with Crippen LogP contribution in [0.4, 0.5) is 22.7 Å². The highest BCUT2D eigenvalue weighted by Crippen LogP contribution is 2.45. The van der Waals surface area contributed by atoms with Crippen LogP contribution >= 0.6 is 0 Å². The Hall–Kier alpha value is -3.90. The summed E-state index contributed by atoms with van der Waals surface area (Å²) in [5.74, 6) is -0.374. The van der Waals surface area contributed by atoms with E-state index in [4.69, 9.17) is 4.74 Å². The second-order valence-electron chi connectivity index (χ2n) is 9.44. The number of ether oxygens (including phenoxy) is 1. The van der Waals surface area contributed by atoms with Gasteiger partial charge < -0.3 is 19.9 Å². The molecule has 4 rings (SSSR count). The molecule has 0 atom stereocenters. The van der Waals surface area contributed by atoms with E-state index in [1.165, 1.54) is 5.57 Å². The van der Waals surface area contributed by atoms with Crippen molar-refractivity contribution in [3.8, 4) is 0 Å². The molecule has 1 aliphatic rings. The van der Waals surface area contributed by atoms with Gasteiger partial charge in [-0.2, -0.15) is 0 Å². The second-order valence-corrected chi connectivity index (χ2v) is 9.44. The van der Waals surface area contributed by atoms with E-state index in [-0.39, 0.29) is 11.8 Å². The van der Waals surface area contributed by atoms with Crippen LogP contribution in [0.25, 0.3) is 0 Å². The summed E-state index contributed by atoms with van der Waals surface area (Å²) >= 11 is 0. The minimum atomic E-state index is -0.348. The number of anilines is 4. The molecule has 0 radical (unpaired) electrons. The van der Waals surface area contributed by atoms with Gasteiger partial charge in [0.2, 0.25) is 0 Å². The van der Waals surface area contributed by atoms with Gasteiger partial charge in [-0.25, -0.2) is 4.79 Å². The minimum Gasteiger partial charge on any atom is -0.462 e. The van der Waals surface area contributed by atoms with Crippen LogP contribution < -0.4 is 10.2 Å². The first-order valence-corrected chi connectivity index (χ1v) is 12.2. The molecule has 3 aromatic rings. The summed E-state index contributed by atoms with van der Waals surface area (Å²) in [7, 11) is 3.99. The van der Waals surface area contributed by atoms with Crippen molar-refractivity contribution in [3.63, 3.8) is 0 Å². The van der Waals surface area contributed by atoms with E-state index in [1.54, 1.807) is 6.07 Å². The number of fused-ring (bicyclic) bond motifs is 2. The van der Waals surface area contributed by atoms with Crippen molar-refractivity contribution in [3.05, 3.63) is 95.1 Å². The van der Waals surface area contributed by atoms with Crippen LogP contribution in [0.5, 0.6) is 0 Å². The van der Waals surface area contributed by atoms with Crippen LogP contribution in [-0.2, 0) is 4.74 Å². The molecule has 3 aromatic carbocycles. The lowest BCUT2D eigenvalue weighted by atomic mass is 9.99. The smallest absolute Gasteiger partial charge is 0.340 e. The molecule has 1 N–H and O–H groups in total. The molecule has 0 amide bonds. The summed E-state index contributed by atoms with van der Waals surface area (Å²) in [4.78, 5) is 30.3. The highest BCUT2D eigenvalue weighted by atomic mass is 16.5. The topological polar surface area (TPSA) is 61.9 Å². The Morgan fingerprint density at radius 1 is 0.944 bits per heavy atom. The predicted molar refractivity (Wildman–Crippen MR) is 146 cm³/mol. The zero-order valence-electron chi connectivity index (χ0n) is 21.4. The normalized spacial score (nSPS) is 11.9. The molecule has 6 nitrogen and oxygen atoms in total. The molecule has 1 heterocycles. The third kappa shape index (κ3) is 5.66. The molecular formula is C30H33N3O3. The highest BCUT2D eigenvalue weighted by Gasteiger charge is 2.27. The van der Waals surface area contributed by atoms with Crippen molar-refractivity contribution in [1.29, 1.82) is 0 Å². The van der Waals surface area contributed by atoms with Crippen molar-refractivity contribution in [2.24, 2.45) is 0 Å². The first-order valence-electron chi connectivity index (χ1n) is 12.2. The van der Waals surface area contributed by atoms with E-state index in [0.717, 1.165) is 30.0 Å². The van der Waals surface area contributed by atoms with E-state index in [9.17, 15) is 9.59 Å². The number of hydrogen-bond donors (Lipinski definition) is 1. The lowest BCUT2D eigenvalue weighted by Crippen LogP contribution is -2.25. The standard InChI is InChI=1S/C30H33N3O3/c1-21(2)16-18-33-26-13-8-12-24(30(35)36-19-9-17-32(3)4)28(26)31-25-15-14-23(20-27(25)33)29(34)22-10-6-5-7-11-22/h5-8,10-16,20,31H,9,17-19H2,1-4H3. The molecule has 6 heteroatoms. The fraction of sp³-hybridized carbons (Fsp3) is 0.267. The van der Waals surface area contributed by atoms with Crippen LogP contribution in [0, 0.1) is 0 Å². The minimum absolute atomic E-state index is 0.0265. The number of nitrogens with zero attached hydrogens (tertiary/aromatic N) is 2. The first-order chi connectivity index (χ1) is 17.3. The van der Waals surface area contributed by atoms with E-state index in [2.05, 4.69) is 35.0 Å². The van der Waals surface area contributed by atoms with Gasteiger partial charge in [0.15, 0.2) is 5.78 Å². The highest BCUT2D eigenvalue weighted by molar-refractivity contribution is 6.11. The van der Waals surface area contributed by atoms with E-state index < -0.39 is 0 Å². The number of nitrogens with one attached hydrogen (secondary N) is 1. The predicted octanol–water partition coefficient (Wildman–Crippen LogP) is 6.19. The van der Waals surface area contributed by atoms with Crippen LogP contribution in [0.2, 0.25) is 0 Å². The number of allylic oxidation sites excluding steroid dienone is 1. The molecular weight excluding hydrogens is 450 g/mol. The van der Waals surface area contributed by atoms with Crippen molar-refractivity contribution in [2.75, 3.05) is 44.0 Å². The van der Waals surface area contributed by atoms with E-state index >= 15 is 0 Å². The van der Waals surface area contributed by atoms with Crippen molar-refractivity contribution in [1.82, 2.24) is 4.90 Å². The summed E-state index contributed by atoms with van der Waals surface area (Å²) in [6.45, 7) is 5.94. The van der Waals surface area contributed by atoms with Gasteiger partial charge in [-0.1, -0.05) is 48.0 Å². The Morgan fingerprint density at radius 2 is 1.72 bits per heavy atom. The van der Waals surface area contributed by atoms with Gasteiger partial charge in [-0.3, -0.25) is 4.79 Å². The third-order valence-corrected chi connectivity index (χ3v) is 6.06. The largest absolute Gasteiger partial charge is 0.462 e. The fourth-order valence-corrected chi connectivity index (χ4v) is 4.18. The average molecular weight is 484 g/mol. The molecule has 1 aliphatic heterocycles. The zero-order valence-corrected chi connectivity index (χ0v) is 21.4. The van der Waals surface area contributed by atoms with Gasteiger partial charge in [0.05, 0.1) is 34.9 Å². The number of ketones is 1. The van der Waals surface area contributed by atoms with Gasteiger partial charge >= 0.3 is 5.97 Å².